The van der Waals surface area contributed by atoms with E-state index in [1.54, 1.807) is 21.0 Å². The Morgan fingerprint density at radius 2 is 2.15 bits per heavy atom. The second-order valence-corrected chi connectivity index (χ2v) is 5.11. The van der Waals surface area contributed by atoms with Crippen LogP contribution in [0.2, 0.25) is 0 Å². The highest BCUT2D eigenvalue weighted by molar-refractivity contribution is 7.07. The molecule has 0 atom stereocenters. The topological polar surface area (TPSA) is 75.3 Å². The van der Waals surface area contributed by atoms with Crippen molar-refractivity contribution in [2.45, 2.75) is 20.4 Å². The van der Waals surface area contributed by atoms with Gasteiger partial charge in [0.1, 0.15) is 21.5 Å². The minimum Gasteiger partial charge on any atom is -0.500 e. The maximum Gasteiger partial charge on any atom is 0.272 e. The van der Waals surface area contributed by atoms with E-state index in [1.807, 2.05) is 13.0 Å². The van der Waals surface area contributed by atoms with Crippen molar-refractivity contribution in [3.8, 4) is 6.07 Å². The summed E-state index contributed by atoms with van der Waals surface area (Å²) < 4.78 is 7.27. The molecule has 0 saturated carbocycles. The van der Waals surface area contributed by atoms with E-state index < -0.39 is 5.91 Å². The summed E-state index contributed by atoms with van der Waals surface area (Å²) in [5, 5.41) is 9.21. The molecular formula is C13H17N3O3S. The van der Waals surface area contributed by atoms with Crippen LogP contribution in [0.1, 0.15) is 13.8 Å². The van der Waals surface area contributed by atoms with Crippen molar-refractivity contribution < 1.29 is 9.53 Å². The molecule has 0 bridgehead atoms. The van der Waals surface area contributed by atoms with E-state index in [-0.39, 0.29) is 11.1 Å². The van der Waals surface area contributed by atoms with Crippen LogP contribution in [-0.2, 0) is 16.1 Å². The van der Waals surface area contributed by atoms with Gasteiger partial charge in [0.2, 0.25) is 0 Å². The predicted molar refractivity (Wildman–Crippen MR) is 77.3 cm³/mol. The van der Waals surface area contributed by atoms with E-state index in [4.69, 9.17) is 4.74 Å². The molecule has 0 aromatic carbocycles. The summed E-state index contributed by atoms with van der Waals surface area (Å²) in [6, 6.07) is 1.89. The van der Waals surface area contributed by atoms with Crippen LogP contribution in [-0.4, -0.2) is 36.1 Å². The lowest BCUT2D eigenvalue weighted by Crippen LogP contribution is -2.34. The van der Waals surface area contributed by atoms with E-state index in [0.29, 0.717) is 22.3 Å². The normalized spacial score (nSPS) is 12.8. The molecule has 0 fully saturated rings. The third-order valence-corrected chi connectivity index (χ3v) is 3.64. The summed E-state index contributed by atoms with van der Waals surface area (Å²) in [5.41, 5.74) is -0.282. The highest BCUT2D eigenvalue weighted by Crippen LogP contribution is 1.97. The standard InChI is InChI=1S/C13H17N3O3S/c1-5-16-12(18)10(8-19-6-2)20-13(16)9(7-14)11(17)15(3)4/h8H,5-6H2,1-4H3. The van der Waals surface area contributed by atoms with Crippen LogP contribution in [0.25, 0.3) is 11.8 Å². The first kappa shape index (κ1) is 16.0. The zero-order valence-electron chi connectivity index (χ0n) is 12.0. The molecule has 7 heteroatoms. The number of rotatable bonds is 4. The first-order valence-electron chi connectivity index (χ1n) is 6.15. The number of amides is 1. The fourth-order valence-electron chi connectivity index (χ4n) is 1.55. The SMILES string of the molecule is CCOC=c1sc(=C(C#N)C(=O)N(C)C)n(CC)c1=O. The summed E-state index contributed by atoms with van der Waals surface area (Å²) >= 11 is 1.09. The average molecular weight is 295 g/mol. The minimum absolute atomic E-state index is 0.0323. The molecule has 0 N–H and O–H groups in total. The van der Waals surface area contributed by atoms with E-state index in [1.165, 1.54) is 15.7 Å². The number of hydrogen-bond donors (Lipinski definition) is 0. The number of hydrogen-bond acceptors (Lipinski definition) is 5. The van der Waals surface area contributed by atoms with Crippen LogP contribution < -0.4 is 14.8 Å². The van der Waals surface area contributed by atoms with Crippen molar-refractivity contribution in [2.24, 2.45) is 0 Å². The molecule has 20 heavy (non-hydrogen) atoms. The van der Waals surface area contributed by atoms with Crippen LogP contribution in [0.3, 0.4) is 0 Å². The van der Waals surface area contributed by atoms with Crippen LogP contribution in [0, 0.1) is 11.3 Å². The predicted octanol–water partition coefficient (Wildman–Crippen LogP) is -0.533. The number of ether oxygens (including phenoxy) is 1. The van der Waals surface area contributed by atoms with Crippen LogP contribution in [0.15, 0.2) is 4.79 Å². The molecule has 0 saturated heterocycles. The minimum atomic E-state index is -0.418. The van der Waals surface area contributed by atoms with Gasteiger partial charge in [-0.1, -0.05) is 0 Å². The number of carbonyl (C=O) groups excluding carboxylic acids is 1. The smallest absolute Gasteiger partial charge is 0.272 e. The second-order valence-electron chi connectivity index (χ2n) is 4.08. The number of nitriles is 1. The van der Waals surface area contributed by atoms with Gasteiger partial charge in [-0.2, -0.15) is 5.26 Å². The maximum atomic E-state index is 12.2. The Hall–Kier alpha value is -2.07. The number of thiazole rings is 1. The van der Waals surface area contributed by atoms with Gasteiger partial charge in [0.15, 0.2) is 5.57 Å². The van der Waals surface area contributed by atoms with E-state index in [2.05, 4.69) is 0 Å². The van der Waals surface area contributed by atoms with Gasteiger partial charge in [-0.05, 0) is 13.8 Å². The van der Waals surface area contributed by atoms with Gasteiger partial charge in [-0.25, -0.2) is 0 Å². The van der Waals surface area contributed by atoms with Gasteiger partial charge in [0.05, 0.1) is 6.61 Å². The van der Waals surface area contributed by atoms with Gasteiger partial charge in [0.25, 0.3) is 11.5 Å². The largest absolute Gasteiger partial charge is 0.500 e. The Labute approximate surface area is 120 Å². The third kappa shape index (κ3) is 3.08. The van der Waals surface area contributed by atoms with Crippen LogP contribution >= 0.6 is 11.3 Å². The molecule has 0 aliphatic rings. The second kappa shape index (κ2) is 6.91. The quantitative estimate of drug-likeness (QED) is 0.748. The molecule has 0 aliphatic carbocycles. The number of carbonyl (C=O) groups is 1. The number of nitrogens with zero attached hydrogens (tertiary/aromatic N) is 3. The van der Waals surface area contributed by atoms with Gasteiger partial charge in [0, 0.05) is 20.6 Å². The van der Waals surface area contributed by atoms with Crippen molar-refractivity contribution in [1.82, 2.24) is 9.47 Å². The molecule has 1 aromatic heterocycles. The van der Waals surface area contributed by atoms with Crippen molar-refractivity contribution in [3.05, 3.63) is 19.5 Å². The Morgan fingerprint density at radius 3 is 2.60 bits per heavy atom. The van der Waals surface area contributed by atoms with Crippen molar-refractivity contribution >= 4 is 29.1 Å². The molecule has 1 amide bonds. The molecule has 1 aromatic rings. The Bertz CT molecular complexity index is 707. The van der Waals surface area contributed by atoms with Crippen LogP contribution in [0.5, 0.6) is 0 Å². The van der Waals surface area contributed by atoms with Gasteiger partial charge >= 0.3 is 0 Å². The number of aromatic nitrogens is 1. The Balaban J connectivity index is 3.72. The van der Waals surface area contributed by atoms with Crippen LogP contribution in [0.4, 0.5) is 0 Å². The van der Waals surface area contributed by atoms with Crippen molar-refractivity contribution in [2.75, 3.05) is 20.7 Å². The van der Waals surface area contributed by atoms with E-state index in [0.717, 1.165) is 11.3 Å². The van der Waals surface area contributed by atoms with Crippen molar-refractivity contribution in [1.29, 1.82) is 5.26 Å². The molecule has 0 unspecified atom stereocenters. The third-order valence-electron chi connectivity index (χ3n) is 2.53. The molecular weight excluding hydrogens is 278 g/mol. The summed E-state index contributed by atoms with van der Waals surface area (Å²) in [7, 11) is 3.13. The monoisotopic (exact) mass is 295 g/mol. The molecule has 1 rings (SSSR count). The lowest BCUT2D eigenvalue weighted by molar-refractivity contribution is -0.122. The summed E-state index contributed by atoms with van der Waals surface area (Å²) in [6.07, 6.45) is 1.37. The molecule has 1 heterocycles. The summed E-state index contributed by atoms with van der Waals surface area (Å²) in [4.78, 5) is 25.5. The molecule has 0 spiro atoms. The Morgan fingerprint density at radius 1 is 1.50 bits per heavy atom. The first-order chi connectivity index (χ1) is 9.47. The Kier molecular flexibility index (Phi) is 5.53. The molecule has 6 nitrogen and oxygen atoms in total. The molecule has 0 radical (unpaired) electrons. The van der Waals surface area contributed by atoms with Gasteiger partial charge in [-0.3, -0.25) is 14.2 Å². The lowest BCUT2D eigenvalue weighted by atomic mass is 10.3. The molecule has 0 aliphatic heterocycles. The lowest BCUT2D eigenvalue weighted by Gasteiger charge is -2.08. The summed E-state index contributed by atoms with van der Waals surface area (Å²) in [5.74, 6) is -0.418. The highest BCUT2D eigenvalue weighted by Gasteiger charge is 2.16. The zero-order valence-corrected chi connectivity index (χ0v) is 12.8. The zero-order chi connectivity index (χ0) is 15.3. The van der Waals surface area contributed by atoms with E-state index >= 15 is 0 Å². The van der Waals surface area contributed by atoms with Gasteiger partial charge < -0.3 is 9.64 Å². The van der Waals surface area contributed by atoms with Gasteiger partial charge in [-0.15, -0.1) is 11.3 Å². The summed E-state index contributed by atoms with van der Waals surface area (Å²) in [6.45, 7) is 4.43. The fourth-order valence-corrected chi connectivity index (χ4v) is 2.62. The van der Waals surface area contributed by atoms with Crippen molar-refractivity contribution in [3.63, 3.8) is 0 Å². The highest BCUT2D eigenvalue weighted by atomic mass is 32.1. The molecule has 108 valence electrons. The average Bonchev–Trinajstić information content (AvgIpc) is 2.73. The fraction of sp³-hybridized carbons (Fsp3) is 0.462. The maximum absolute atomic E-state index is 12.2. The first-order valence-corrected chi connectivity index (χ1v) is 6.97. The van der Waals surface area contributed by atoms with E-state index in [9.17, 15) is 14.9 Å².